The van der Waals surface area contributed by atoms with Crippen molar-refractivity contribution >= 4 is 44.3 Å². The first-order valence-electron chi connectivity index (χ1n) is 10.5. The summed E-state index contributed by atoms with van der Waals surface area (Å²) in [5, 5.41) is 3.99. The highest BCUT2D eigenvalue weighted by atomic mass is 32.2. The molecule has 1 aliphatic heterocycles. The molecule has 0 unspecified atom stereocenters. The number of fused-ring (bicyclic) bond motifs is 1. The van der Waals surface area contributed by atoms with Crippen molar-refractivity contribution in [1.29, 1.82) is 0 Å². The Morgan fingerprint density at radius 2 is 1.90 bits per heavy atom. The molecule has 1 aliphatic rings. The minimum Gasteiger partial charge on any atom is -0.347 e. The molecule has 0 radical (unpaired) electrons. The first-order valence-corrected chi connectivity index (χ1v) is 12.1. The number of rotatable bonds is 6. The molecule has 0 atom stereocenters. The Kier molecular flexibility index (Phi) is 5.87. The van der Waals surface area contributed by atoms with Crippen molar-refractivity contribution < 1.29 is 13.2 Å². The standard InChI is InChI=1S/C24H27N3O3S/c1-18(2)17-26-14-12-20-16-21(7-10-23(20)26)25-24(28)11-6-19-4-8-22(9-5-19)27-13-3-15-31(27,29)30/h4-12,14,16,18H,3,13,15,17H2,1-2H3,(H,25,28)/b11-6+. The number of hydrogen-bond acceptors (Lipinski definition) is 3. The van der Waals surface area contributed by atoms with Crippen LogP contribution >= 0.6 is 0 Å². The Labute approximate surface area is 183 Å². The topological polar surface area (TPSA) is 71.4 Å². The predicted molar refractivity (Wildman–Crippen MR) is 127 cm³/mol. The average Bonchev–Trinajstić information content (AvgIpc) is 3.28. The summed E-state index contributed by atoms with van der Waals surface area (Å²) in [7, 11) is -3.18. The molecule has 6 nitrogen and oxygen atoms in total. The van der Waals surface area contributed by atoms with Crippen molar-refractivity contribution in [3.8, 4) is 0 Å². The summed E-state index contributed by atoms with van der Waals surface area (Å²) in [6, 6.07) is 15.2. The molecule has 1 fully saturated rings. The number of carbonyl (C=O) groups is 1. The SMILES string of the molecule is CC(C)Cn1ccc2cc(NC(=O)/C=C/c3ccc(N4CCCS4(=O)=O)cc3)ccc21. The van der Waals surface area contributed by atoms with Gasteiger partial charge in [0, 0.05) is 42.0 Å². The summed E-state index contributed by atoms with van der Waals surface area (Å²) in [5.41, 5.74) is 3.40. The third-order valence-electron chi connectivity index (χ3n) is 5.31. The van der Waals surface area contributed by atoms with Gasteiger partial charge in [-0.3, -0.25) is 9.10 Å². The molecule has 31 heavy (non-hydrogen) atoms. The fraction of sp³-hybridized carbons (Fsp3) is 0.292. The number of benzene rings is 2. The van der Waals surface area contributed by atoms with E-state index in [1.54, 1.807) is 18.2 Å². The van der Waals surface area contributed by atoms with Gasteiger partial charge in [-0.2, -0.15) is 0 Å². The van der Waals surface area contributed by atoms with Crippen molar-refractivity contribution in [3.63, 3.8) is 0 Å². The van der Waals surface area contributed by atoms with Gasteiger partial charge >= 0.3 is 0 Å². The van der Waals surface area contributed by atoms with Gasteiger partial charge in [-0.1, -0.05) is 26.0 Å². The zero-order valence-corrected chi connectivity index (χ0v) is 18.6. The highest BCUT2D eigenvalue weighted by Crippen LogP contribution is 2.25. The Morgan fingerprint density at radius 3 is 2.58 bits per heavy atom. The molecule has 1 amide bonds. The zero-order valence-electron chi connectivity index (χ0n) is 17.8. The van der Waals surface area contributed by atoms with Crippen LogP contribution in [0.4, 0.5) is 11.4 Å². The Balaban J connectivity index is 1.40. The highest BCUT2D eigenvalue weighted by Gasteiger charge is 2.28. The quantitative estimate of drug-likeness (QED) is 0.578. The summed E-state index contributed by atoms with van der Waals surface area (Å²) in [6.07, 6.45) is 5.93. The van der Waals surface area contributed by atoms with Gasteiger partial charge in [0.1, 0.15) is 0 Å². The van der Waals surface area contributed by atoms with Gasteiger partial charge in [-0.05, 0) is 60.4 Å². The molecule has 7 heteroatoms. The number of sulfonamides is 1. The van der Waals surface area contributed by atoms with Crippen LogP contribution in [0.5, 0.6) is 0 Å². The lowest BCUT2D eigenvalue weighted by Crippen LogP contribution is -2.24. The summed E-state index contributed by atoms with van der Waals surface area (Å²) in [6.45, 7) is 5.86. The monoisotopic (exact) mass is 437 g/mol. The van der Waals surface area contributed by atoms with Crippen LogP contribution in [-0.4, -0.2) is 31.2 Å². The van der Waals surface area contributed by atoms with E-state index in [0.29, 0.717) is 24.6 Å². The second-order valence-electron chi connectivity index (χ2n) is 8.29. The minimum absolute atomic E-state index is 0.197. The van der Waals surface area contributed by atoms with E-state index in [0.717, 1.165) is 28.7 Å². The zero-order chi connectivity index (χ0) is 22.0. The number of nitrogens with zero attached hydrogens (tertiary/aromatic N) is 2. The van der Waals surface area contributed by atoms with Gasteiger partial charge in [0.15, 0.2) is 0 Å². The number of amides is 1. The van der Waals surface area contributed by atoms with Gasteiger partial charge in [-0.15, -0.1) is 0 Å². The maximum absolute atomic E-state index is 12.3. The van der Waals surface area contributed by atoms with E-state index >= 15 is 0 Å². The van der Waals surface area contributed by atoms with Crippen LogP contribution in [0, 0.1) is 5.92 Å². The maximum Gasteiger partial charge on any atom is 0.248 e. The summed E-state index contributed by atoms with van der Waals surface area (Å²) in [4.78, 5) is 12.3. The van der Waals surface area contributed by atoms with Crippen molar-refractivity contribution in [2.75, 3.05) is 21.9 Å². The van der Waals surface area contributed by atoms with Crippen molar-refractivity contribution in [2.24, 2.45) is 5.92 Å². The number of anilines is 2. The summed E-state index contributed by atoms with van der Waals surface area (Å²) >= 11 is 0. The fourth-order valence-electron chi connectivity index (χ4n) is 3.87. The second-order valence-corrected chi connectivity index (χ2v) is 10.3. The van der Waals surface area contributed by atoms with Crippen LogP contribution < -0.4 is 9.62 Å². The smallest absolute Gasteiger partial charge is 0.248 e. The first kappa shape index (κ1) is 21.2. The van der Waals surface area contributed by atoms with E-state index in [9.17, 15) is 13.2 Å². The molecule has 3 aromatic rings. The van der Waals surface area contributed by atoms with Crippen LogP contribution in [0.15, 0.2) is 60.8 Å². The van der Waals surface area contributed by atoms with Crippen LogP contribution in [0.1, 0.15) is 25.8 Å². The molecule has 0 bridgehead atoms. The Morgan fingerprint density at radius 1 is 1.13 bits per heavy atom. The molecule has 1 N–H and O–H groups in total. The molecule has 2 heterocycles. The molecule has 0 aliphatic carbocycles. The van der Waals surface area contributed by atoms with E-state index in [-0.39, 0.29) is 11.7 Å². The first-order chi connectivity index (χ1) is 14.8. The molecule has 1 saturated heterocycles. The van der Waals surface area contributed by atoms with Crippen molar-refractivity contribution in [1.82, 2.24) is 4.57 Å². The lowest BCUT2D eigenvalue weighted by Gasteiger charge is -2.16. The van der Waals surface area contributed by atoms with E-state index in [4.69, 9.17) is 0 Å². The summed E-state index contributed by atoms with van der Waals surface area (Å²) < 4.78 is 27.7. The molecular weight excluding hydrogens is 410 g/mol. The predicted octanol–water partition coefficient (Wildman–Crippen LogP) is 4.49. The van der Waals surface area contributed by atoms with Gasteiger partial charge in [0.25, 0.3) is 0 Å². The Hall–Kier alpha value is -3.06. The van der Waals surface area contributed by atoms with E-state index in [1.807, 2.05) is 30.3 Å². The highest BCUT2D eigenvalue weighted by molar-refractivity contribution is 7.93. The van der Waals surface area contributed by atoms with E-state index in [2.05, 4.69) is 36.0 Å². The molecular formula is C24H27N3O3S. The largest absolute Gasteiger partial charge is 0.347 e. The summed E-state index contributed by atoms with van der Waals surface area (Å²) in [5.74, 6) is 0.546. The lowest BCUT2D eigenvalue weighted by molar-refractivity contribution is -0.111. The van der Waals surface area contributed by atoms with E-state index < -0.39 is 10.0 Å². The van der Waals surface area contributed by atoms with Crippen LogP contribution in [-0.2, 0) is 21.4 Å². The molecule has 2 aromatic carbocycles. The van der Waals surface area contributed by atoms with Crippen LogP contribution in [0.3, 0.4) is 0 Å². The number of carbonyl (C=O) groups excluding carboxylic acids is 1. The van der Waals surface area contributed by atoms with Gasteiger partial charge in [0.05, 0.1) is 11.4 Å². The lowest BCUT2D eigenvalue weighted by atomic mass is 10.2. The maximum atomic E-state index is 12.3. The molecule has 162 valence electrons. The fourth-order valence-corrected chi connectivity index (χ4v) is 5.43. The molecule has 4 rings (SSSR count). The third-order valence-corrected chi connectivity index (χ3v) is 7.18. The van der Waals surface area contributed by atoms with Gasteiger partial charge < -0.3 is 9.88 Å². The normalized spacial score (nSPS) is 15.9. The molecule has 1 aromatic heterocycles. The van der Waals surface area contributed by atoms with E-state index in [1.165, 1.54) is 10.4 Å². The van der Waals surface area contributed by atoms with Crippen molar-refractivity contribution in [2.45, 2.75) is 26.8 Å². The second kappa shape index (κ2) is 8.59. The Bertz CT molecular complexity index is 1220. The van der Waals surface area contributed by atoms with Gasteiger partial charge in [-0.25, -0.2) is 8.42 Å². The number of nitrogens with one attached hydrogen (secondary N) is 1. The number of hydrogen-bond donors (Lipinski definition) is 1. The molecule has 0 saturated carbocycles. The third kappa shape index (κ3) is 4.82. The molecule has 0 spiro atoms. The average molecular weight is 438 g/mol. The van der Waals surface area contributed by atoms with Gasteiger partial charge in [0.2, 0.25) is 15.9 Å². The number of aromatic nitrogens is 1. The van der Waals surface area contributed by atoms with Crippen molar-refractivity contribution in [3.05, 3.63) is 66.4 Å². The van der Waals surface area contributed by atoms with Crippen LogP contribution in [0.2, 0.25) is 0 Å². The van der Waals surface area contributed by atoms with Crippen LogP contribution in [0.25, 0.3) is 17.0 Å². The minimum atomic E-state index is -3.18.